The number of sulfonamides is 1. The minimum atomic E-state index is -3.85. The van der Waals surface area contributed by atoms with Crippen LogP contribution in [0.4, 0.5) is 0 Å². The number of esters is 1. The van der Waals surface area contributed by atoms with Gasteiger partial charge in [0.05, 0.1) is 53.9 Å². The second kappa shape index (κ2) is 16.9. The number of carbonyl (C=O) groups is 4. The molecule has 2 aliphatic heterocycles. The number of rotatable bonds is 9. The molecule has 5 fully saturated rings. The highest BCUT2D eigenvalue weighted by molar-refractivity contribution is 7.90. The molecule has 314 valence electrons. The van der Waals surface area contributed by atoms with Gasteiger partial charge in [-0.1, -0.05) is 38.2 Å². The second-order valence-electron chi connectivity index (χ2n) is 18.0. The van der Waals surface area contributed by atoms with Crippen LogP contribution < -0.4 is 14.2 Å². The monoisotopic (exact) mass is 817 g/mol. The minimum Gasteiger partial charge on any atom is -0.497 e. The van der Waals surface area contributed by atoms with Crippen LogP contribution in [0.2, 0.25) is 0 Å². The van der Waals surface area contributed by atoms with E-state index in [-0.39, 0.29) is 61.4 Å². The molecule has 1 aromatic carbocycles. The van der Waals surface area contributed by atoms with E-state index in [1.54, 1.807) is 18.1 Å². The molecule has 4 saturated carbocycles. The molecule has 1 aromatic heterocycles. The summed E-state index contributed by atoms with van der Waals surface area (Å²) in [5, 5.41) is 0.253. The third-order valence-corrected chi connectivity index (χ3v) is 15.9. The van der Waals surface area contributed by atoms with Gasteiger partial charge in [0.25, 0.3) is 0 Å². The molecular weight excluding hydrogens is 759 g/mol. The Hall–Kier alpha value is -4.00. The topological polar surface area (TPSA) is 158 Å². The zero-order chi connectivity index (χ0) is 40.6. The van der Waals surface area contributed by atoms with Gasteiger partial charge in [-0.2, -0.15) is 0 Å². The maximum Gasteiger partial charge on any atom is 0.306 e. The molecule has 12 nitrogen and oxygen atoms in total. The van der Waals surface area contributed by atoms with E-state index >= 15 is 4.79 Å². The lowest BCUT2D eigenvalue weighted by molar-refractivity contribution is -0.157. The number of ketones is 1. The summed E-state index contributed by atoms with van der Waals surface area (Å²) >= 11 is 0. The number of Topliss-reactive ketones (excluding diaryl/α,β-unsaturated/α-hetero) is 1. The Kier molecular flexibility index (Phi) is 11.9. The summed E-state index contributed by atoms with van der Waals surface area (Å²) < 4.78 is 46.6. The lowest BCUT2D eigenvalue weighted by Gasteiger charge is -2.34. The molecule has 1 N–H and O–H groups in total. The average molecular weight is 818 g/mol. The van der Waals surface area contributed by atoms with Gasteiger partial charge >= 0.3 is 5.97 Å². The summed E-state index contributed by atoms with van der Waals surface area (Å²) in [6, 6.07) is 6.78. The molecule has 58 heavy (non-hydrogen) atoms. The van der Waals surface area contributed by atoms with Crippen LogP contribution in [0.1, 0.15) is 121 Å². The van der Waals surface area contributed by atoms with Gasteiger partial charge in [-0.3, -0.25) is 23.9 Å². The fourth-order valence-corrected chi connectivity index (χ4v) is 11.9. The van der Waals surface area contributed by atoms with E-state index in [0.717, 1.165) is 93.6 Å². The standard InChI is InChI=1S/C45H59N3O9S/c1-3-31-25-45(31,44(52)47-58(53,54)34-18-19-34)26-39(49)38-23-33-27-48(38)43(51)35(28-11-6-4-7-12-28)24-42(50)57-40-16-10-14-29(40)13-8-5-9-15-37-41(56-33)22-30-21-32(55-2)17-20-36(30)46-37/h3,17,20-22,28-29,31,33-35,38,40H,1,4-16,18-19,23-27H2,2H3,(H,47,52)/t29-,31-,33-,35+,38+,40-,45-/m1/s1. The highest BCUT2D eigenvalue weighted by Crippen LogP contribution is 2.57. The molecule has 3 heterocycles. The summed E-state index contributed by atoms with van der Waals surface area (Å²) in [7, 11) is -2.23. The third-order valence-electron chi connectivity index (χ3n) is 14.1. The van der Waals surface area contributed by atoms with Crippen molar-refractivity contribution in [2.24, 2.45) is 29.1 Å². The number of aromatic nitrogens is 1. The molecule has 7 atom stereocenters. The quantitative estimate of drug-likeness (QED) is 0.212. The lowest BCUT2D eigenvalue weighted by Crippen LogP contribution is -2.48. The van der Waals surface area contributed by atoms with Crippen molar-refractivity contribution in [3.63, 3.8) is 0 Å². The smallest absolute Gasteiger partial charge is 0.306 e. The number of ether oxygens (including phenoxy) is 3. The molecule has 1 saturated heterocycles. The minimum absolute atomic E-state index is 0.0286. The van der Waals surface area contributed by atoms with Crippen molar-refractivity contribution in [2.75, 3.05) is 13.7 Å². The number of fused-ring (bicyclic) bond motifs is 5. The number of amides is 2. The number of aryl methyl sites for hydroxylation is 1. The van der Waals surface area contributed by atoms with E-state index in [2.05, 4.69) is 11.3 Å². The number of methoxy groups -OCH3 is 1. The summed E-state index contributed by atoms with van der Waals surface area (Å²) in [5.74, 6) is -1.09. The Morgan fingerprint density at radius 3 is 2.43 bits per heavy atom. The second-order valence-corrected chi connectivity index (χ2v) is 20.0. The highest BCUT2D eigenvalue weighted by Gasteiger charge is 2.61. The summed E-state index contributed by atoms with van der Waals surface area (Å²) in [6.07, 6.45) is 14.2. The van der Waals surface area contributed by atoms with Crippen LogP contribution >= 0.6 is 0 Å². The molecule has 2 bridgehead atoms. The summed E-state index contributed by atoms with van der Waals surface area (Å²) in [4.78, 5) is 64.0. The number of nitrogens with zero attached hydrogens (tertiary/aromatic N) is 2. The Balaban J connectivity index is 1.13. The van der Waals surface area contributed by atoms with Crippen molar-refractivity contribution in [1.82, 2.24) is 14.6 Å². The van der Waals surface area contributed by atoms with Crippen molar-refractivity contribution in [3.05, 3.63) is 42.6 Å². The predicted molar refractivity (Wildman–Crippen MR) is 217 cm³/mol. The summed E-state index contributed by atoms with van der Waals surface area (Å²) in [6.45, 7) is 4.00. The number of carbonyl (C=O) groups excluding carboxylic acids is 4. The first-order valence-electron chi connectivity index (χ1n) is 21.8. The molecule has 13 heteroatoms. The number of allylic oxidation sites excluding steroid dienone is 1. The third kappa shape index (κ3) is 8.66. The van der Waals surface area contributed by atoms with Gasteiger partial charge < -0.3 is 19.1 Å². The van der Waals surface area contributed by atoms with E-state index < -0.39 is 44.7 Å². The Labute approximate surface area is 342 Å². The molecule has 6 aliphatic rings. The van der Waals surface area contributed by atoms with Crippen molar-refractivity contribution < 1.29 is 41.8 Å². The van der Waals surface area contributed by atoms with Gasteiger partial charge in [0.2, 0.25) is 21.8 Å². The van der Waals surface area contributed by atoms with Crippen molar-refractivity contribution in [3.8, 4) is 11.5 Å². The molecule has 0 unspecified atom stereocenters. The van der Waals surface area contributed by atoms with Crippen LogP contribution in [0.15, 0.2) is 36.9 Å². The number of hydrogen-bond acceptors (Lipinski definition) is 10. The van der Waals surface area contributed by atoms with Crippen molar-refractivity contribution >= 4 is 44.5 Å². The highest BCUT2D eigenvalue weighted by atomic mass is 32.2. The summed E-state index contributed by atoms with van der Waals surface area (Å²) in [5.41, 5.74) is 0.374. The van der Waals surface area contributed by atoms with Gasteiger partial charge in [0.1, 0.15) is 23.7 Å². The molecule has 0 spiro atoms. The van der Waals surface area contributed by atoms with Crippen LogP contribution in [0.5, 0.6) is 11.5 Å². The van der Waals surface area contributed by atoms with Crippen LogP contribution in [0.25, 0.3) is 10.9 Å². The average Bonchev–Trinajstić information content (AvgIpc) is 4.11. The first-order valence-corrected chi connectivity index (χ1v) is 23.4. The Morgan fingerprint density at radius 2 is 1.71 bits per heavy atom. The van der Waals surface area contributed by atoms with Crippen molar-refractivity contribution in [2.45, 2.75) is 145 Å². The first-order chi connectivity index (χ1) is 28.0. The predicted octanol–water partition coefficient (Wildman–Crippen LogP) is 6.77. The van der Waals surface area contributed by atoms with E-state index in [4.69, 9.17) is 19.2 Å². The Bertz CT molecular complexity index is 2030. The van der Waals surface area contributed by atoms with Crippen LogP contribution in [-0.2, 0) is 40.4 Å². The molecular formula is C45H59N3O9S. The molecule has 2 aromatic rings. The van der Waals surface area contributed by atoms with Crippen LogP contribution in [-0.4, -0.2) is 79.0 Å². The molecule has 0 radical (unpaired) electrons. The van der Waals surface area contributed by atoms with E-state index in [9.17, 15) is 22.8 Å². The van der Waals surface area contributed by atoms with E-state index in [0.29, 0.717) is 43.1 Å². The normalized spacial score (nSPS) is 31.2. The number of nitrogens with one attached hydrogen (secondary N) is 1. The first kappa shape index (κ1) is 40.8. The van der Waals surface area contributed by atoms with Gasteiger partial charge in [0, 0.05) is 18.2 Å². The van der Waals surface area contributed by atoms with Gasteiger partial charge in [-0.25, -0.2) is 13.4 Å². The fourth-order valence-electron chi connectivity index (χ4n) is 10.5. The maximum atomic E-state index is 15.1. The van der Waals surface area contributed by atoms with Crippen LogP contribution in [0.3, 0.4) is 0 Å². The van der Waals surface area contributed by atoms with Gasteiger partial charge in [-0.15, -0.1) is 6.58 Å². The van der Waals surface area contributed by atoms with Gasteiger partial charge in [-0.05, 0) is 113 Å². The van der Waals surface area contributed by atoms with Crippen molar-refractivity contribution in [1.29, 1.82) is 0 Å². The zero-order valence-corrected chi connectivity index (χ0v) is 34.6. The molecule has 4 aliphatic carbocycles. The fraction of sp³-hybridized carbons (Fsp3) is 0.667. The number of pyridine rings is 1. The van der Waals surface area contributed by atoms with Crippen LogP contribution in [0, 0.1) is 29.1 Å². The molecule has 8 rings (SSSR count). The van der Waals surface area contributed by atoms with E-state index in [1.165, 1.54) is 0 Å². The SMILES string of the molecule is C=C[C@@H]1C[C@]1(CC(=O)[C@@H]1C[C@@H]2CN1C(=O)[C@H](C1CCCCC1)CC(=O)O[C@@H]1CCC[C@H]1CCCCCc1nc3ccc(OC)cc3cc1O2)C(=O)NS(=O)(=O)C1CC1. The maximum absolute atomic E-state index is 15.1. The number of benzene rings is 1. The lowest BCUT2D eigenvalue weighted by atomic mass is 9.77. The van der Waals surface area contributed by atoms with Gasteiger partial charge in [0.15, 0.2) is 5.78 Å². The largest absolute Gasteiger partial charge is 0.497 e. The zero-order valence-electron chi connectivity index (χ0n) is 33.8. The molecule has 2 amide bonds. The Morgan fingerprint density at radius 1 is 0.966 bits per heavy atom. The number of hydrogen-bond donors (Lipinski definition) is 1. The van der Waals surface area contributed by atoms with E-state index in [1.807, 2.05) is 24.3 Å².